The van der Waals surface area contributed by atoms with Gasteiger partial charge in [0.1, 0.15) is 11.5 Å². The summed E-state index contributed by atoms with van der Waals surface area (Å²) in [6, 6.07) is 6.26. The zero-order valence-electron chi connectivity index (χ0n) is 11.0. The number of carbonyl (C=O) groups is 2. The third-order valence-electron chi connectivity index (χ3n) is 3.70. The second-order valence-electron chi connectivity index (χ2n) is 4.97. The molecule has 2 aromatic carbocycles. The standard InChI is InChI=1S/C16H12O4/c1-7-3-5-9-11(13(7)17)16(20)12-10(15(9)19)6-4-8(2)14(12)18/h3-6,17-18H,1-2H3. The van der Waals surface area contributed by atoms with Crippen molar-refractivity contribution in [1.82, 2.24) is 0 Å². The monoisotopic (exact) mass is 268 g/mol. The maximum atomic E-state index is 12.5. The molecule has 2 N–H and O–H groups in total. The van der Waals surface area contributed by atoms with Gasteiger partial charge in [-0.15, -0.1) is 0 Å². The molecule has 1 aliphatic carbocycles. The van der Waals surface area contributed by atoms with Gasteiger partial charge in [-0.05, 0) is 37.1 Å². The van der Waals surface area contributed by atoms with Gasteiger partial charge in [-0.25, -0.2) is 0 Å². The summed E-state index contributed by atoms with van der Waals surface area (Å²) in [5.74, 6) is -1.28. The molecule has 100 valence electrons. The molecule has 0 aromatic heterocycles. The number of aromatic hydroxyl groups is 2. The van der Waals surface area contributed by atoms with Gasteiger partial charge in [0, 0.05) is 11.1 Å². The lowest BCUT2D eigenvalue weighted by molar-refractivity contribution is 0.0974. The summed E-state index contributed by atoms with van der Waals surface area (Å²) < 4.78 is 0. The predicted molar refractivity (Wildman–Crippen MR) is 72.6 cm³/mol. The average Bonchev–Trinajstić information content (AvgIpc) is 2.42. The minimum absolute atomic E-state index is 0.0246. The molecule has 0 aliphatic heterocycles. The number of ketones is 2. The number of fused-ring (bicyclic) bond motifs is 2. The number of phenols is 2. The summed E-state index contributed by atoms with van der Waals surface area (Å²) in [6.45, 7) is 3.30. The number of phenolic OH excluding ortho intramolecular Hbond substituents is 2. The van der Waals surface area contributed by atoms with Crippen LogP contribution in [0.1, 0.15) is 43.0 Å². The molecule has 4 heteroatoms. The van der Waals surface area contributed by atoms with E-state index in [-0.39, 0.29) is 39.5 Å². The molecule has 0 spiro atoms. The zero-order chi connectivity index (χ0) is 14.6. The van der Waals surface area contributed by atoms with Gasteiger partial charge < -0.3 is 10.2 Å². The smallest absolute Gasteiger partial charge is 0.201 e. The van der Waals surface area contributed by atoms with Crippen LogP contribution in [-0.4, -0.2) is 21.8 Å². The van der Waals surface area contributed by atoms with Crippen LogP contribution in [0.5, 0.6) is 11.5 Å². The van der Waals surface area contributed by atoms with Gasteiger partial charge in [-0.2, -0.15) is 0 Å². The highest BCUT2D eigenvalue weighted by atomic mass is 16.3. The summed E-state index contributed by atoms with van der Waals surface area (Å²) in [6.07, 6.45) is 0. The van der Waals surface area contributed by atoms with Crippen LogP contribution in [-0.2, 0) is 0 Å². The van der Waals surface area contributed by atoms with Gasteiger partial charge in [0.05, 0.1) is 11.1 Å². The van der Waals surface area contributed by atoms with Crippen molar-refractivity contribution in [3.63, 3.8) is 0 Å². The first-order chi connectivity index (χ1) is 9.43. The topological polar surface area (TPSA) is 74.6 Å². The molecule has 0 heterocycles. The number of rotatable bonds is 0. The molecule has 0 amide bonds. The predicted octanol–water partition coefficient (Wildman–Crippen LogP) is 2.49. The lowest BCUT2D eigenvalue weighted by Gasteiger charge is -2.20. The fraction of sp³-hybridized carbons (Fsp3) is 0.125. The van der Waals surface area contributed by atoms with E-state index in [4.69, 9.17) is 0 Å². The number of benzene rings is 2. The largest absolute Gasteiger partial charge is 0.507 e. The van der Waals surface area contributed by atoms with Gasteiger partial charge in [0.2, 0.25) is 5.78 Å². The van der Waals surface area contributed by atoms with E-state index in [2.05, 4.69) is 0 Å². The molecule has 0 saturated heterocycles. The third-order valence-corrected chi connectivity index (χ3v) is 3.70. The summed E-state index contributed by atoms with van der Waals surface area (Å²) in [7, 11) is 0. The van der Waals surface area contributed by atoms with Crippen molar-refractivity contribution >= 4 is 11.6 Å². The minimum Gasteiger partial charge on any atom is -0.507 e. The van der Waals surface area contributed by atoms with E-state index in [9.17, 15) is 19.8 Å². The maximum Gasteiger partial charge on any atom is 0.201 e. The Hall–Kier alpha value is -2.62. The Morgan fingerprint density at radius 3 is 1.50 bits per heavy atom. The van der Waals surface area contributed by atoms with Gasteiger partial charge in [-0.1, -0.05) is 12.1 Å². The molecule has 0 bridgehead atoms. The first-order valence-corrected chi connectivity index (χ1v) is 6.18. The molecule has 0 atom stereocenters. The van der Waals surface area contributed by atoms with E-state index in [1.54, 1.807) is 26.0 Å². The van der Waals surface area contributed by atoms with Gasteiger partial charge in [0.15, 0.2) is 5.78 Å². The first-order valence-electron chi connectivity index (χ1n) is 6.18. The molecule has 0 saturated carbocycles. The van der Waals surface area contributed by atoms with Crippen molar-refractivity contribution < 1.29 is 19.8 Å². The SMILES string of the molecule is Cc1ccc2c(c1O)C(=O)c1c(ccc(C)c1O)C2=O. The Morgan fingerprint density at radius 1 is 0.700 bits per heavy atom. The van der Waals surface area contributed by atoms with E-state index >= 15 is 0 Å². The van der Waals surface area contributed by atoms with Crippen LogP contribution in [0, 0.1) is 13.8 Å². The number of aryl methyl sites for hydroxylation is 2. The third kappa shape index (κ3) is 1.42. The quantitative estimate of drug-likeness (QED) is 0.657. The summed E-state index contributed by atoms with van der Waals surface area (Å²) in [4.78, 5) is 24.9. The first kappa shape index (κ1) is 12.4. The summed E-state index contributed by atoms with van der Waals surface area (Å²) in [5.41, 5.74) is 1.33. The van der Waals surface area contributed by atoms with Gasteiger partial charge >= 0.3 is 0 Å². The Kier molecular flexibility index (Phi) is 2.44. The van der Waals surface area contributed by atoms with Crippen LogP contribution in [0.3, 0.4) is 0 Å². The van der Waals surface area contributed by atoms with Crippen LogP contribution < -0.4 is 0 Å². The highest BCUT2D eigenvalue weighted by Crippen LogP contribution is 2.38. The van der Waals surface area contributed by atoms with Crippen LogP contribution in [0.15, 0.2) is 24.3 Å². The Balaban J connectivity index is 2.41. The molecular formula is C16H12O4. The number of carbonyl (C=O) groups excluding carboxylic acids is 2. The second kappa shape index (κ2) is 3.93. The molecule has 1 aliphatic rings. The van der Waals surface area contributed by atoms with Crippen LogP contribution in [0.25, 0.3) is 0 Å². The molecule has 0 radical (unpaired) electrons. The molecule has 2 aromatic rings. The van der Waals surface area contributed by atoms with Crippen molar-refractivity contribution in [3.8, 4) is 11.5 Å². The van der Waals surface area contributed by atoms with Crippen molar-refractivity contribution in [1.29, 1.82) is 0 Å². The summed E-state index contributed by atoms with van der Waals surface area (Å²) in [5, 5.41) is 20.1. The lowest BCUT2D eigenvalue weighted by Crippen LogP contribution is -2.21. The minimum atomic E-state index is -0.517. The van der Waals surface area contributed by atoms with E-state index in [1.807, 2.05) is 0 Å². The van der Waals surface area contributed by atoms with E-state index in [1.165, 1.54) is 12.1 Å². The van der Waals surface area contributed by atoms with Crippen molar-refractivity contribution in [2.75, 3.05) is 0 Å². The van der Waals surface area contributed by atoms with E-state index in [0.717, 1.165) is 0 Å². The molecule has 0 fully saturated rings. The van der Waals surface area contributed by atoms with E-state index < -0.39 is 5.78 Å². The lowest BCUT2D eigenvalue weighted by atomic mass is 9.81. The van der Waals surface area contributed by atoms with Crippen LogP contribution in [0.4, 0.5) is 0 Å². The highest BCUT2D eigenvalue weighted by molar-refractivity contribution is 6.30. The Bertz CT molecular complexity index is 724. The second-order valence-corrected chi connectivity index (χ2v) is 4.97. The Morgan fingerprint density at radius 2 is 1.10 bits per heavy atom. The van der Waals surface area contributed by atoms with Crippen LogP contribution in [0.2, 0.25) is 0 Å². The molecular weight excluding hydrogens is 256 g/mol. The van der Waals surface area contributed by atoms with E-state index in [0.29, 0.717) is 11.1 Å². The fourth-order valence-electron chi connectivity index (χ4n) is 2.50. The number of hydrogen-bond donors (Lipinski definition) is 2. The van der Waals surface area contributed by atoms with Gasteiger partial charge in [-0.3, -0.25) is 9.59 Å². The molecule has 3 rings (SSSR count). The highest BCUT2D eigenvalue weighted by Gasteiger charge is 2.34. The molecule has 20 heavy (non-hydrogen) atoms. The maximum absolute atomic E-state index is 12.5. The molecule has 4 nitrogen and oxygen atoms in total. The Labute approximate surface area is 115 Å². The summed E-state index contributed by atoms with van der Waals surface area (Å²) >= 11 is 0. The van der Waals surface area contributed by atoms with Crippen molar-refractivity contribution in [3.05, 3.63) is 57.6 Å². The molecule has 0 unspecified atom stereocenters. The van der Waals surface area contributed by atoms with Crippen molar-refractivity contribution in [2.24, 2.45) is 0 Å². The normalized spacial score (nSPS) is 13.1. The average molecular weight is 268 g/mol. The zero-order valence-corrected chi connectivity index (χ0v) is 11.0. The number of hydrogen-bond acceptors (Lipinski definition) is 4. The van der Waals surface area contributed by atoms with Crippen LogP contribution >= 0.6 is 0 Å². The fourth-order valence-corrected chi connectivity index (χ4v) is 2.50. The van der Waals surface area contributed by atoms with Crippen molar-refractivity contribution in [2.45, 2.75) is 13.8 Å². The van der Waals surface area contributed by atoms with Gasteiger partial charge in [0.25, 0.3) is 0 Å².